The van der Waals surface area contributed by atoms with E-state index < -0.39 is 0 Å². The number of aryl methyl sites for hydroxylation is 1. The minimum atomic E-state index is -0.113. The van der Waals surface area contributed by atoms with Crippen LogP contribution in [0.15, 0.2) is 23.1 Å². The first-order chi connectivity index (χ1) is 7.65. The molecule has 2 aromatic heterocycles. The zero-order valence-corrected chi connectivity index (χ0v) is 10.4. The Balaban J connectivity index is 2.84. The van der Waals surface area contributed by atoms with Crippen molar-refractivity contribution in [1.29, 1.82) is 0 Å². The van der Waals surface area contributed by atoms with Gasteiger partial charge in [-0.3, -0.25) is 9.20 Å². The monoisotopic (exact) mass is 282 g/mol. The number of rotatable bonds is 2. The first kappa shape index (κ1) is 11.1. The second-order valence-electron chi connectivity index (χ2n) is 3.51. The highest BCUT2D eigenvalue weighted by molar-refractivity contribution is 9.09. The number of pyridine rings is 1. The molecule has 0 aliphatic rings. The van der Waals surface area contributed by atoms with E-state index in [0.29, 0.717) is 23.3 Å². The third kappa shape index (κ3) is 1.71. The number of alkyl halides is 1. The Labute approximate surface area is 101 Å². The molecular formula is C11H11BrN2O2. The maximum absolute atomic E-state index is 12.1. The van der Waals surface area contributed by atoms with E-state index in [1.165, 1.54) is 10.5 Å². The van der Waals surface area contributed by atoms with Gasteiger partial charge in [0.25, 0.3) is 5.56 Å². The van der Waals surface area contributed by atoms with Crippen LogP contribution in [0.4, 0.5) is 0 Å². The summed E-state index contributed by atoms with van der Waals surface area (Å²) in [5.41, 5.74) is 1.55. The Morgan fingerprint density at radius 2 is 2.31 bits per heavy atom. The molecule has 0 atom stereocenters. The molecule has 5 heteroatoms. The summed E-state index contributed by atoms with van der Waals surface area (Å²) in [4.78, 5) is 16.3. The smallest absolute Gasteiger partial charge is 0.261 e. The van der Waals surface area contributed by atoms with Crippen LogP contribution in [0.1, 0.15) is 11.3 Å². The molecule has 2 rings (SSSR count). The molecule has 16 heavy (non-hydrogen) atoms. The maximum Gasteiger partial charge on any atom is 0.261 e. The van der Waals surface area contributed by atoms with Gasteiger partial charge >= 0.3 is 0 Å². The molecule has 0 spiro atoms. The molecule has 0 aliphatic carbocycles. The summed E-state index contributed by atoms with van der Waals surface area (Å²) in [5, 5.41) is 10.3. The van der Waals surface area contributed by atoms with E-state index in [-0.39, 0.29) is 11.3 Å². The van der Waals surface area contributed by atoms with Crippen LogP contribution in [-0.4, -0.2) is 19.8 Å². The van der Waals surface area contributed by atoms with E-state index >= 15 is 0 Å². The fraction of sp³-hybridized carbons (Fsp3) is 0.273. The minimum Gasteiger partial charge on any atom is -0.504 e. The predicted octanol–water partition coefficient (Wildman–Crippen LogP) is 1.65. The van der Waals surface area contributed by atoms with Crippen molar-refractivity contribution < 1.29 is 5.11 Å². The van der Waals surface area contributed by atoms with Gasteiger partial charge in [0.05, 0.1) is 0 Å². The highest BCUT2D eigenvalue weighted by atomic mass is 79.9. The van der Waals surface area contributed by atoms with Crippen LogP contribution < -0.4 is 5.56 Å². The summed E-state index contributed by atoms with van der Waals surface area (Å²) in [5.74, 6) is 0.0214. The zero-order chi connectivity index (χ0) is 11.7. The Hall–Kier alpha value is -1.36. The molecule has 4 nitrogen and oxygen atoms in total. The average molecular weight is 283 g/mol. The first-order valence-corrected chi connectivity index (χ1v) is 6.03. The molecule has 0 aliphatic heterocycles. The van der Waals surface area contributed by atoms with Gasteiger partial charge in [-0.05, 0) is 25.5 Å². The van der Waals surface area contributed by atoms with Crippen LogP contribution in [0, 0.1) is 6.92 Å². The maximum atomic E-state index is 12.1. The van der Waals surface area contributed by atoms with Crippen LogP contribution >= 0.6 is 15.9 Å². The number of aromatic hydroxyl groups is 1. The van der Waals surface area contributed by atoms with E-state index in [4.69, 9.17) is 0 Å². The summed E-state index contributed by atoms with van der Waals surface area (Å²) in [6, 6.07) is 3.14. The summed E-state index contributed by atoms with van der Waals surface area (Å²) in [6.45, 7) is 1.78. The first-order valence-electron chi connectivity index (χ1n) is 4.91. The lowest BCUT2D eigenvalue weighted by atomic mass is 10.2. The topological polar surface area (TPSA) is 54.6 Å². The van der Waals surface area contributed by atoms with Crippen LogP contribution in [0.5, 0.6) is 5.75 Å². The van der Waals surface area contributed by atoms with Gasteiger partial charge in [0.1, 0.15) is 0 Å². The number of fused-ring (bicyclic) bond motifs is 1. The molecule has 0 radical (unpaired) electrons. The zero-order valence-electron chi connectivity index (χ0n) is 8.77. The van der Waals surface area contributed by atoms with Crippen LogP contribution in [0.25, 0.3) is 5.65 Å². The molecule has 84 valence electrons. The van der Waals surface area contributed by atoms with Gasteiger partial charge in [-0.2, -0.15) is 0 Å². The highest BCUT2D eigenvalue weighted by Gasteiger charge is 2.10. The highest BCUT2D eigenvalue weighted by Crippen LogP contribution is 2.15. The summed E-state index contributed by atoms with van der Waals surface area (Å²) in [6.07, 6.45) is 2.25. The van der Waals surface area contributed by atoms with Gasteiger partial charge < -0.3 is 5.11 Å². The molecule has 0 saturated heterocycles. The van der Waals surface area contributed by atoms with Crippen LogP contribution in [0.3, 0.4) is 0 Å². The number of aromatic nitrogens is 2. The number of halogens is 1. The van der Waals surface area contributed by atoms with Crippen molar-refractivity contribution in [2.45, 2.75) is 13.3 Å². The fourth-order valence-corrected chi connectivity index (χ4v) is 2.07. The number of nitrogens with zero attached hydrogens (tertiary/aromatic N) is 2. The van der Waals surface area contributed by atoms with Crippen molar-refractivity contribution in [3.8, 4) is 5.75 Å². The van der Waals surface area contributed by atoms with Gasteiger partial charge in [0.15, 0.2) is 11.4 Å². The summed E-state index contributed by atoms with van der Waals surface area (Å²) < 4.78 is 1.38. The average Bonchev–Trinajstić information content (AvgIpc) is 2.26. The largest absolute Gasteiger partial charge is 0.504 e. The second-order valence-corrected chi connectivity index (χ2v) is 4.30. The lowest BCUT2D eigenvalue weighted by Crippen LogP contribution is -2.21. The number of hydrogen-bond donors (Lipinski definition) is 1. The molecule has 2 aromatic rings. The Morgan fingerprint density at radius 1 is 1.56 bits per heavy atom. The normalized spacial score (nSPS) is 10.9. The van der Waals surface area contributed by atoms with Crippen molar-refractivity contribution in [3.05, 3.63) is 39.9 Å². The van der Waals surface area contributed by atoms with Gasteiger partial charge in [0, 0.05) is 22.8 Å². The number of hydrogen-bond acceptors (Lipinski definition) is 3. The van der Waals surface area contributed by atoms with E-state index in [2.05, 4.69) is 20.9 Å². The van der Waals surface area contributed by atoms with Gasteiger partial charge in [-0.25, -0.2) is 4.98 Å². The van der Waals surface area contributed by atoms with Crippen molar-refractivity contribution in [2.75, 3.05) is 5.33 Å². The molecule has 0 saturated carbocycles. The summed E-state index contributed by atoms with van der Waals surface area (Å²) in [7, 11) is 0. The van der Waals surface area contributed by atoms with Gasteiger partial charge in [0.2, 0.25) is 0 Å². The Kier molecular flexibility index (Phi) is 2.96. The Bertz CT molecular complexity index is 592. The van der Waals surface area contributed by atoms with Crippen molar-refractivity contribution >= 4 is 21.6 Å². The molecule has 2 heterocycles. The van der Waals surface area contributed by atoms with E-state index in [1.807, 2.05) is 0 Å². The minimum absolute atomic E-state index is 0.0214. The molecule has 0 bridgehead atoms. The van der Waals surface area contributed by atoms with Crippen LogP contribution in [0.2, 0.25) is 0 Å². The van der Waals surface area contributed by atoms with Crippen molar-refractivity contribution in [3.63, 3.8) is 0 Å². The van der Waals surface area contributed by atoms with Crippen molar-refractivity contribution in [1.82, 2.24) is 9.38 Å². The quantitative estimate of drug-likeness (QED) is 0.853. The second kappa shape index (κ2) is 4.25. The van der Waals surface area contributed by atoms with E-state index in [9.17, 15) is 9.90 Å². The lowest BCUT2D eigenvalue weighted by molar-refractivity contribution is 0.476. The molecule has 1 N–H and O–H groups in total. The fourth-order valence-electron chi connectivity index (χ4n) is 1.67. The third-order valence-electron chi connectivity index (χ3n) is 2.48. The van der Waals surface area contributed by atoms with Gasteiger partial charge in [-0.1, -0.05) is 15.9 Å². The predicted molar refractivity (Wildman–Crippen MR) is 65.4 cm³/mol. The van der Waals surface area contributed by atoms with E-state index in [0.717, 1.165) is 5.33 Å². The summed E-state index contributed by atoms with van der Waals surface area (Å²) >= 11 is 3.31. The molecular weight excluding hydrogens is 272 g/mol. The van der Waals surface area contributed by atoms with Gasteiger partial charge in [-0.15, -0.1) is 0 Å². The standard InChI is InChI=1S/C11H11BrN2O2/c1-7-8(4-5-12)11(16)14-6-2-3-9(15)10(14)13-7/h2-3,6,15H,4-5H2,1H3. The SMILES string of the molecule is Cc1nc2c(O)cccn2c(=O)c1CCBr. The third-order valence-corrected chi connectivity index (χ3v) is 2.87. The lowest BCUT2D eigenvalue weighted by Gasteiger charge is -2.07. The van der Waals surface area contributed by atoms with Crippen molar-refractivity contribution in [2.24, 2.45) is 0 Å². The Morgan fingerprint density at radius 3 is 3.00 bits per heavy atom. The molecule has 0 fully saturated rings. The molecule has 0 aromatic carbocycles. The van der Waals surface area contributed by atoms with E-state index in [1.54, 1.807) is 19.2 Å². The van der Waals surface area contributed by atoms with Crippen LogP contribution in [-0.2, 0) is 6.42 Å². The molecule has 0 amide bonds. The molecule has 0 unspecified atom stereocenters.